The average molecular weight is 381 g/mol. The van der Waals surface area contributed by atoms with Crippen LogP contribution in [0.25, 0.3) is 0 Å². The van der Waals surface area contributed by atoms with Gasteiger partial charge < -0.3 is 10.1 Å². The molecule has 1 aliphatic heterocycles. The third-order valence-corrected chi connectivity index (χ3v) is 6.01. The Morgan fingerprint density at radius 1 is 1.24 bits per heavy atom. The molecule has 132 valence electrons. The summed E-state index contributed by atoms with van der Waals surface area (Å²) < 4.78 is 30.8. The Bertz CT molecular complexity index is 915. The molecule has 3 rings (SSSR count). The molecule has 2 aromatic rings. The van der Waals surface area contributed by atoms with Gasteiger partial charge in [0.2, 0.25) is 10.0 Å². The topological polar surface area (TPSA) is 75.7 Å². The van der Waals surface area contributed by atoms with Crippen LogP contribution in [-0.4, -0.2) is 33.7 Å². The number of methoxy groups -OCH3 is 1. The Balaban J connectivity index is 1.86. The number of ether oxygens (including phenoxy) is 1. The second-order valence-electron chi connectivity index (χ2n) is 5.59. The summed E-state index contributed by atoms with van der Waals surface area (Å²) in [6, 6.07) is 11.5. The number of halogens is 1. The van der Waals surface area contributed by atoms with Gasteiger partial charge >= 0.3 is 0 Å². The fourth-order valence-corrected chi connectivity index (χ4v) is 4.44. The lowest BCUT2D eigenvalue weighted by atomic mass is 10.2. The SMILES string of the molecule is COc1cc(N2CCCS2(=O)=O)ccc1NC(=O)c1cccc(Cl)c1. The van der Waals surface area contributed by atoms with Gasteiger partial charge in [-0.2, -0.15) is 0 Å². The van der Waals surface area contributed by atoms with Crippen LogP contribution in [0.15, 0.2) is 42.5 Å². The maximum absolute atomic E-state index is 12.3. The van der Waals surface area contributed by atoms with Crippen LogP contribution in [0.3, 0.4) is 0 Å². The number of hydrogen-bond donors (Lipinski definition) is 1. The zero-order valence-electron chi connectivity index (χ0n) is 13.5. The maximum Gasteiger partial charge on any atom is 0.255 e. The van der Waals surface area contributed by atoms with Gasteiger partial charge in [-0.3, -0.25) is 9.10 Å². The van der Waals surface area contributed by atoms with Crippen LogP contribution in [-0.2, 0) is 10.0 Å². The van der Waals surface area contributed by atoms with Crippen molar-refractivity contribution in [3.8, 4) is 5.75 Å². The van der Waals surface area contributed by atoms with E-state index in [0.29, 0.717) is 40.7 Å². The van der Waals surface area contributed by atoms with E-state index in [-0.39, 0.29) is 11.7 Å². The number of sulfonamides is 1. The number of anilines is 2. The molecule has 0 aliphatic carbocycles. The third kappa shape index (κ3) is 3.72. The van der Waals surface area contributed by atoms with E-state index < -0.39 is 10.0 Å². The van der Waals surface area contributed by atoms with Gasteiger partial charge in [0.1, 0.15) is 5.75 Å². The molecule has 1 saturated heterocycles. The molecular weight excluding hydrogens is 364 g/mol. The minimum atomic E-state index is -3.27. The number of amides is 1. The number of benzene rings is 2. The molecule has 0 atom stereocenters. The van der Waals surface area contributed by atoms with Crippen molar-refractivity contribution in [3.05, 3.63) is 53.1 Å². The molecule has 6 nitrogen and oxygen atoms in total. The minimum absolute atomic E-state index is 0.141. The van der Waals surface area contributed by atoms with E-state index >= 15 is 0 Å². The predicted octanol–water partition coefficient (Wildman–Crippen LogP) is 3.14. The molecule has 1 N–H and O–H groups in total. The summed E-state index contributed by atoms with van der Waals surface area (Å²) in [4.78, 5) is 12.3. The van der Waals surface area contributed by atoms with Gasteiger partial charge in [-0.1, -0.05) is 17.7 Å². The Morgan fingerprint density at radius 3 is 2.68 bits per heavy atom. The van der Waals surface area contributed by atoms with Gasteiger partial charge in [-0.15, -0.1) is 0 Å². The van der Waals surface area contributed by atoms with Crippen molar-refractivity contribution in [3.63, 3.8) is 0 Å². The minimum Gasteiger partial charge on any atom is -0.494 e. The summed E-state index contributed by atoms with van der Waals surface area (Å²) >= 11 is 5.90. The third-order valence-electron chi connectivity index (χ3n) is 3.91. The standard InChI is InChI=1S/C17H17ClN2O4S/c1-24-16-11-14(20-8-3-9-25(20,22)23)6-7-15(16)19-17(21)12-4-2-5-13(18)10-12/h2,4-7,10-11H,3,8-9H2,1H3,(H,19,21). The van der Waals surface area contributed by atoms with Gasteiger partial charge in [0, 0.05) is 23.2 Å². The molecule has 0 saturated carbocycles. The first kappa shape index (κ1) is 17.6. The molecule has 0 bridgehead atoms. The number of carbonyl (C=O) groups is 1. The van der Waals surface area contributed by atoms with Gasteiger partial charge in [0.25, 0.3) is 5.91 Å². The van der Waals surface area contributed by atoms with Gasteiger partial charge in [-0.25, -0.2) is 8.42 Å². The lowest BCUT2D eigenvalue weighted by molar-refractivity contribution is 0.102. The molecule has 0 unspecified atom stereocenters. The number of nitrogens with one attached hydrogen (secondary N) is 1. The largest absolute Gasteiger partial charge is 0.494 e. The molecule has 0 radical (unpaired) electrons. The van der Waals surface area contributed by atoms with E-state index in [4.69, 9.17) is 16.3 Å². The van der Waals surface area contributed by atoms with E-state index in [1.807, 2.05) is 0 Å². The van der Waals surface area contributed by atoms with Crippen LogP contribution in [0.4, 0.5) is 11.4 Å². The zero-order chi connectivity index (χ0) is 18.0. The van der Waals surface area contributed by atoms with Crippen LogP contribution >= 0.6 is 11.6 Å². The molecule has 0 aromatic heterocycles. The monoisotopic (exact) mass is 380 g/mol. The Morgan fingerprint density at radius 2 is 2.04 bits per heavy atom. The van der Waals surface area contributed by atoms with Gasteiger partial charge in [-0.05, 0) is 36.8 Å². The Kier molecular flexibility index (Phi) is 4.87. The quantitative estimate of drug-likeness (QED) is 0.884. The van der Waals surface area contributed by atoms with Gasteiger partial charge in [0.05, 0.1) is 24.2 Å². The Hall–Kier alpha value is -2.25. The first-order valence-electron chi connectivity index (χ1n) is 7.66. The number of nitrogens with zero attached hydrogens (tertiary/aromatic N) is 1. The summed E-state index contributed by atoms with van der Waals surface area (Å²) in [5.74, 6) is 0.195. The van der Waals surface area contributed by atoms with E-state index in [9.17, 15) is 13.2 Å². The fourth-order valence-electron chi connectivity index (χ4n) is 2.69. The van der Waals surface area contributed by atoms with Crippen LogP contribution in [0.5, 0.6) is 5.75 Å². The smallest absolute Gasteiger partial charge is 0.255 e. The van der Waals surface area contributed by atoms with E-state index in [2.05, 4.69) is 5.32 Å². The normalized spacial score (nSPS) is 15.8. The van der Waals surface area contributed by atoms with Crippen molar-refractivity contribution >= 4 is 38.9 Å². The second kappa shape index (κ2) is 6.93. The summed E-state index contributed by atoms with van der Waals surface area (Å²) in [5.41, 5.74) is 1.39. The van der Waals surface area contributed by atoms with Crippen LogP contribution < -0.4 is 14.4 Å². The summed E-state index contributed by atoms with van der Waals surface area (Å²) in [6.45, 7) is 0.444. The van der Waals surface area contributed by atoms with Gasteiger partial charge in [0.15, 0.2) is 0 Å². The highest BCUT2D eigenvalue weighted by molar-refractivity contribution is 7.93. The lowest BCUT2D eigenvalue weighted by Crippen LogP contribution is -2.25. The lowest BCUT2D eigenvalue weighted by Gasteiger charge is -2.19. The Labute approximate surface area is 151 Å². The van der Waals surface area contributed by atoms with E-state index in [1.165, 1.54) is 11.4 Å². The van der Waals surface area contributed by atoms with Crippen LogP contribution in [0, 0.1) is 0 Å². The van der Waals surface area contributed by atoms with Crippen molar-refractivity contribution in [1.29, 1.82) is 0 Å². The van der Waals surface area contributed by atoms with Crippen molar-refractivity contribution in [2.24, 2.45) is 0 Å². The molecule has 25 heavy (non-hydrogen) atoms. The molecule has 2 aromatic carbocycles. The van der Waals surface area contributed by atoms with Crippen molar-refractivity contribution in [1.82, 2.24) is 0 Å². The molecule has 1 aliphatic rings. The highest BCUT2D eigenvalue weighted by Gasteiger charge is 2.29. The fraction of sp³-hybridized carbons (Fsp3) is 0.235. The number of rotatable bonds is 4. The number of hydrogen-bond acceptors (Lipinski definition) is 4. The first-order chi connectivity index (χ1) is 11.9. The summed E-state index contributed by atoms with van der Waals surface area (Å²) in [6.07, 6.45) is 0.595. The first-order valence-corrected chi connectivity index (χ1v) is 9.65. The van der Waals surface area contributed by atoms with Crippen molar-refractivity contribution in [2.75, 3.05) is 29.0 Å². The molecule has 1 fully saturated rings. The molecule has 1 amide bonds. The molecule has 8 heteroatoms. The molecule has 1 heterocycles. The summed E-state index contributed by atoms with van der Waals surface area (Å²) in [7, 11) is -1.81. The maximum atomic E-state index is 12.3. The van der Waals surface area contributed by atoms with Crippen molar-refractivity contribution < 1.29 is 17.9 Å². The second-order valence-corrected chi connectivity index (χ2v) is 8.04. The summed E-state index contributed by atoms with van der Waals surface area (Å²) in [5, 5.41) is 3.22. The predicted molar refractivity (Wildman–Crippen MR) is 98.1 cm³/mol. The number of carbonyl (C=O) groups excluding carboxylic acids is 1. The highest BCUT2D eigenvalue weighted by atomic mass is 35.5. The average Bonchev–Trinajstić information content (AvgIpc) is 2.94. The van der Waals surface area contributed by atoms with Crippen LogP contribution in [0.2, 0.25) is 5.02 Å². The van der Waals surface area contributed by atoms with E-state index in [1.54, 1.807) is 42.5 Å². The zero-order valence-corrected chi connectivity index (χ0v) is 15.1. The molecular formula is C17H17ClN2O4S. The highest BCUT2D eigenvalue weighted by Crippen LogP contribution is 2.33. The van der Waals surface area contributed by atoms with Crippen molar-refractivity contribution in [2.45, 2.75) is 6.42 Å². The van der Waals surface area contributed by atoms with E-state index in [0.717, 1.165) is 0 Å². The van der Waals surface area contributed by atoms with Crippen LogP contribution in [0.1, 0.15) is 16.8 Å². The molecule has 0 spiro atoms.